The predicted octanol–water partition coefficient (Wildman–Crippen LogP) is 3.06. The molecule has 4 N–H and O–H groups in total. The summed E-state index contributed by atoms with van der Waals surface area (Å²) in [5.74, 6) is 1.31. The number of carbonyl (C=O) groups excluding carboxylic acids is 2. The third-order valence-corrected chi connectivity index (χ3v) is 6.11. The summed E-state index contributed by atoms with van der Waals surface area (Å²) in [6.07, 6.45) is 6.68. The van der Waals surface area contributed by atoms with Gasteiger partial charge in [-0.05, 0) is 50.8 Å². The summed E-state index contributed by atoms with van der Waals surface area (Å²) in [5, 5.41) is 12.4. The molecule has 1 atom stereocenters. The first kappa shape index (κ1) is 23.9. The molecule has 2 fully saturated rings. The van der Waals surface area contributed by atoms with Crippen molar-refractivity contribution in [2.45, 2.75) is 71.0 Å². The minimum atomic E-state index is -0.206. The van der Waals surface area contributed by atoms with E-state index in [1.54, 1.807) is 7.05 Å². The molecule has 1 heterocycles. The van der Waals surface area contributed by atoms with Crippen LogP contribution in [0, 0.1) is 5.92 Å². The number of rotatable bonds is 6. The molecule has 1 aliphatic heterocycles. The SMILES string of the molecule is CN=C(NCc1ccc(NC(=O)NC(C)C)cc1)NC1CCN(C(=O)C2CCCCC2)C1. The van der Waals surface area contributed by atoms with Crippen LogP contribution >= 0.6 is 0 Å². The summed E-state index contributed by atoms with van der Waals surface area (Å²) >= 11 is 0. The van der Waals surface area contributed by atoms with Gasteiger partial charge in [-0.2, -0.15) is 0 Å². The lowest BCUT2D eigenvalue weighted by molar-refractivity contribution is -0.135. The second-order valence-electron chi connectivity index (χ2n) is 9.12. The summed E-state index contributed by atoms with van der Waals surface area (Å²) in [7, 11) is 1.76. The zero-order valence-electron chi connectivity index (χ0n) is 19.6. The van der Waals surface area contributed by atoms with E-state index < -0.39 is 0 Å². The van der Waals surface area contributed by atoms with Gasteiger partial charge in [-0.3, -0.25) is 9.79 Å². The lowest BCUT2D eigenvalue weighted by Crippen LogP contribution is -2.45. The van der Waals surface area contributed by atoms with Crippen LogP contribution in [0.2, 0.25) is 0 Å². The molecule has 1 aromatic rings. The molecule has 8 heteroatoms. The molecule has 1 saturated carbocycles. The van der Waals surface area contributed by atoms with Crippen molar-refractivity contribution in [2.75, 3.05) is 25.5 Å². The highest BCUT2D eigenvalue weighted by atomic mass is 16.2. The van der Waals surface area contributed by atoms with Crippen LogP contribution in [-0.2, 0) is 11.3 Å². The van der Waals surface area contributed by atoms with Gasteiger partial charge in [-0.15, -0.1) is 0 Å². The molecule has 2 aliphatic rings. The van der Waals surface area contributed by atoms with Crippen molar-refractivity contribution in [3.63, 3.8) is 0 Å². The Kier molecular flexibility index (Phi) is 8.76. The van der Waals surface area contributed by atoms with E-state index in [0.717, 1.165) is 49.6 Å². The van der Waals surface area contributed by atoms with Gasteiger partial charge in [0.05, 0.1) is 0 Å². The molecule has 176 valence electrons. The van der Waals surface area contributed by atoms with Crippen molar-refractivity contribution in [1.82, 2.24) is 20.9 Å². The second kappa shape index (κ2) is 11.7. The van der Waals surface area contributed by atoms with E-state index in [9.17, 15) is 9.59 Å². The highest BCUT2D eigenvalue weighted by molar-refractivity contribution is 5.89. The summed E-state index contributed by atoms with van der Waals surface area (Å²) in [4.78, 5) is 30.9. The third-order valence-electron chi connectivity index (χ3n) is 6.11. The van der Waals surface area contributed by atoms with E-state index in [4.69, 9.17) is 0 Å². The fourth-order valence-corrected chi connectivity index (χ4v) is 4.40. The maximum atomic E-state index is 12.8. The topological polar surface area (TPSA) is 97.9 Å². The van der Waals surface area contributed by atoms with Crippen molar-refractivity contribution < 1.29 is 9.59 Å². The number of hydrogen-bond acceptors (Lipinski definition) is 3. The Morgan fingerprint density at radius 1 is 1.09 bits per heavy atom. The van der Waals surface area contributed by atoms with Gasteiger partial charge in [0.25, 0.3) is 0 Å². The van der Waals surface area contributed by atoms with Gasteiger partial charge >= 0.3 is 6.03 Å². The van der Waals surface area contributed by atoms with Crippen molar-refractivity contribution >= 4 is 23.6 Å². The number of nitrogens with zero attached hydrogens (tertiary/aromatic N) is 2. The van der Waals surface area contributed by atoms with E-state index in [2.05, 4.69) is 26.3 Å². The molecule has 1 unspecified atom stereocenters. The number of likely N-dealkylation sites (tertiary alicyclic amines) is 1. The minimum Gasteiger partial charge on any atom is -0.352 e. The largest absolute Gasteiger partial charge is 0.352 e. The molecule has 0 bridgehead atoms. The average Bonchev–Trinajstić information content (AvgIpc) is 3.25. The molecule has 0 aromatic heterocycles. The summed E-state index contributed by atoms with van der Waals surface area (Å²) in [6.45, 7) is 6.03. The smallest absolute Gasteiger partial charge is 0.319 e. The number of aliphatic imine (C=N–C) groups is 1. The summed E-state index contributed by atoms with van der Waals surface area (Å²) in [6, 6.07) is 7.84. The first-order valence-electron chi connectivity index (χ1n) is 11.9. The van der Waals surface area contributed by atoms with Crippen molar-refractivity contribution in [1.29, 1.82) is 0 Å². The Balaban J connectivity index is 1.42. The quantitative estimate of drug-likeness (QED) is 0.402. The molecule has 0 spiro atoms. The Bertz CT molecular complexity index is 786. The first-order chi connectivity index (χ1) is 15.4. The summed E-state index contributed by atoms with van der Waals surface area (Å²) < 4.78 is 0. The number of amides is 3. The van der Waals surface area contributed by atoms with E-state index >= 15 is 0 Å². The number of nitrogens with one attached hydrogen (secondary N) is 4. The molecule has 1 aromatic carbocycles. The normalized spacial score (nSPS) is 19.7. The molecule has 8 nitrogen and oxygen atoms in total. The molecule has 0 radical (unpaired) electrons. The standard InChI is InChI=1S/C24H38N6O2/c1-17(2)27-24(32)29-20-11-9-18(10-12-20)15-26-23(25-3)28-21-13-14-30(16-21)22(31)19-7-5-4-6-8-19/h9-12,17,19,21H,4-8,13-16H2,1-3H3,(H2,25,26,28)(H2,27,29,32). The van der Waals surface area contributed by atoms with Crippen LogP contribution < -0.4 is 21.3 Å². The maximum Gasteiger partial charge on any atom is 0.319 e. The fourth-order valence-electron chi connectivity index (χ4n) is 4.40. The zero-order valence-corrected chi connectivity index (χ0v) is 19.6. The van der Waals surface area contributed by atoms with E-state index in [1.165, 1.54) is 19.3 Å². The Hall–Kier alpha value is -2.77. The Morgan fingerprint density at radius 2 is 1.81 bits per heavy atom. The Labute approximate surface area is 191 Å². The van der Waals surface area contributed by atoms with E-state index in [0.29, 0.717) is 12.5 Å². The average molecular weight is 443 g/mol. The van der Waals surface area contributed by atoms with Crippen LogP contribution in [0.25, 0.3) is 0 Å². The minimum absolute atomic E-state index is 0.0926. The Morgan fingerprint density at radius 3 is 2.47 bits per heavy atom. The van der Waals surface area contributed by atoms with Crippen LogP contribution in [0.15, 0.2) is 29.3 Å². The number of anilines is 1. The van der Waals surface area contributed by atoms with Gasteiger partial charge in [0.15, 0.2) is 5.96 Å². The molecular weight excluding hydrogens is 404 g/mol. The fraction of sp³-hybridized carbons (Fsp3) is 0.625. The highest BCUT2D eigenvalue weighted by Crippen LogP contribution is 2.26. The third kappa shape index (κ3) is 7.14. The summed E-state index contributed by atoms with van der Waals surface area (Å²) in [5.41, 5.74) is 1.84. The molecule has 1 saturated heterocycles. The van der Waals surface area contributed by atoms with Gasteiger partial charge < -0.3 is 26.2 Å². The van der Waals surface area contributed by atoms with Gasteiger partial charge in [0.1, 0.15) is 0 Å². The van der Waals surface area contributed by atoms with E-state index in [-0.39, 0.29) is 24.0 Å². The van der Waals surface area contributed by atoms with Crippen LogP contribution in [0.4, 0.5) is 10.5 Å². The second-order valence-corrected chi connectivity index (χ2v) is 9.12. The van der Waals surface area contributed by atoms with Crippen molar-refractivity contribution in [2.24, 2.45) is 10.9 Å². The lowest BCUT2D eigenvalue weighted by Gasteiger charge is -2.26. The number of benzene rings is 1. The van der Waals surface area contributed by atoms with Crippen LogP contribution in [-0.4, -0.2) is 55.0 Å². The van der Waals surface area contributed by atoms with Crippen LogP contribution in [0.3, 0.4) is 0 Å². The lowest BCUT2D eigenvalue weighted by atomic mass is 9.88. The van der Waals surface area contributed by atoms with Gasteiger partial charge in [-0.1, -0.05) is 31.4 Å². The maximum absolute atomic E-state index is 12.8. The zero-order chi connectivity index (χ0) is 22.9. The van der Waals surface area contributed by atoms with Gasteiger partial charge in [0, 0.05) is 50.4 Å². The van der Waals surface area contributed by atoms with Crippen molar-refractivity contribution in [3.8, 4) is 0 Å². The van der Waals surface area contributed by atoms with Crippen molar-refractivity contribution in [3.05, 3.63) is 29.8 Å². The first-order valence-corrected chi connectivity index (χ1v) is 11.9. The number of hydrogen-bond donors (Lipinski definition) is 4. The molecule has 3 rings (SSSR count). The van der Waals surface area contributed by atoms with Gasteiger partial charge in [0.2, 0.25) is 5.91 Å². The van der Waals surface area contributed by atoms with Crippen LogP contribution in [0.5, 0.6) is 0 Å². The number of guanidine groups is 1. The number of urea groups is 1. The molecule has 3 amide bonds. The predicted molar refractivity (Wildman–Crippen MR) is 129 cm³/mol. The molecule has 1 aliphatic carbocycles. The monoisotopic (exact) mass is 442 g/mol. The van der Waals surface area contributed by atoms with Crippen LogP contribution in [0.1, 0.15) is 57.9 Å². The van der Waals surface area contributed by atoms with Gasteiger partial charge in [-0.25, -0.2) is 4.79 Å². The molecule has 32 heavy (non-hydrogen) atoms. The van der Waals surface area contributed by atoms with E-state index in [1.807, 2.05) is 43.0 Å². The number of carbonyl (C=O) groups is 2. The molecular formula is C24H38N6O2. The highest BCUT2D eigenvalue weighted by Gasteiger charge is 2.31.